The van der Waals surface area contributed by atoms with Crippen molar-refractivity contribution in [3.8, 4) is 0 Å². The summed E-state index contributed by atoms with van der Waals surface area (Å²) >= 11 is 0. The molecule has 4 nitrogen and oxygen atoms in total. The molecule has 1 aromatic carbocycles. The molecule has 0 aliphatic heterocycles. The van der Waals surface area contributed by atoms with E-state index >= 15 is 0 Å². The van der Waals surface area contributed by atoms with Crippen molar-refractivity contribution in [1.29, 1.82) is 0 Å². The van der Waals surface area contributed by atoms with Crippen LogP contribution in [0.25, 0.3) is 0 Å². The first kappa shape index (κ1) is 18.6. The van der Waals surface area contributed by atoms with E-state index in [1.54, 1.807) is 12.1 Å². The Balaban J connectivity index is 3.40. The summed E-state index contributed by atoms with van der Waals surface area (Å²) in [6.07, 6.45) is 1.86. The van der Waals surface area contributed by atoms with Gasteiger partial charge in [0.15, 0.2) is 0 Å². The van der Waals surface area contributed by atoms with Gasteiger partial charge in [-0.05, 0) is 45.2 Å². The van der Waals surface area contributed by atoms with Crippen LogP contribution in [-0.2, 0) is 14.6 Å². The number of aliphatic hydroxyl groups is 1. The molecule has 122 valence electrons. The number of carbonyl (C=O) groups is 1. The van der Waals surface area contributed by atoms with Crippen molar-refractivity contribution < 1.29 is 18.3 Å². The van der Waals surface area contributed by atoms with Crippen molar-refractivity contribution >= 4 is 15.6 Å². The Morgan fingerprint density at radius 1 is 1.23 bits per heavy atom. The molecule has 0 saturated heterocycles. The van der Waals surface area contributed by atoms with E-state index in [-0.39, 0.29) is 15.7 Å². The van der Waals surface area contributed by atoms with Crippen LogP contribution in [0.4, 0.5) is 0 Å². The molecule has 0 fully saturated rings. The second-order valence-electron chi connectivity index (χ2n) is 6.40. The van der Waals surface area contributed by atoms with Crippen LogP contribution in [0.1, 0.15) is 39.7 Å². The van der Waals surface area contributed by atoms with Gasteiger partial charge in [0.1, 0.15) is 10.5 Å². The molecule has 0 radical (unpaired) electrons. The lowest BCUT2D eigenvalue weighted by molar-refractivity contribution is -0.129. The van der Waals surface area contributed by atoms with Gasteiger partial charge < -0.3 is 5.11 Å². The van der Waals surface area contributed by atoms with Gasteiger partial charge in [-0.3, -0.25) is 4.79 Å². The molecule has 22 heavy (non-hydrogen) atoms. The molecule has 0 aliphatic carbocycles. The summed E-state index contributed by atoms with van der Waals surface area (Å²) < 4.78 is 25.5. The average Bonchev–Trinajstić information content (AvgIpc) is 2.37. The van der Waals surface area contributed by atoms with Crippen LogP contribution in [0.3, 0.4) is 0 Å². The second kappa shape index (κ2) is 6.75. The molecule has 0 aliphatic rings. The molecule has 5 heteroatoms. The maximum atomic E-state index is 12.7. The van der Waals surface area contributed by atoms with E-state index in [1.807, 2.05) is 20.8 Å². The van der Waals surface area contributed by atoms with E-state index in [0.717, 1.165) is 5.56 Å². The van der Waals surface area contributed by atoms with Crippen LogP contribution in [-0.4, -0.2) is 24.9 Å². The summed E-state index contributed by atoms with van der Waals surface area (Å²) in [5.41, 5.74) is -0.805. The first-order valence-corrected chi connectivity index (χ1v) is 8.73. The largest absolute Gasteiger partial charge is 0.382 e. The zero-order valence-corrected chi connectivity index (χ0v) is 14.6. The Hall–Kier alpha value is -1.46. The standard InChI is InChI=1S/C17H24O4S/c1-12(2)6-11-15(16(18)17(4,5)19)22(20,21)14-9-7-13(3)8-10-14/h7-12,19H,6H2,1-5H3/b15-11+. The maximum absolute atomic E-state index is 12.7. The molecule has 0 atom stereocenters. The lowest BCUT2D eigenvalue weighted by Gasteiger charge is -2.18. The molecular weight excluding hydrogens is 300 g/mol. The van der Waals surface area contributed by atoms with Crippen molar-refractivity contribution in [3.05, 3.63) is 40.8 Å². The van der Waals surface area contributed by atoms with E-state index < -0.39 is 21.2 Å². The second-order valence-corrected chi connectivity index (χ2v) is 8.32. The molecule has 0 amide bonds. The molecule has 0 heterocycles. The van der Waals surface area contributed by atoms with Gasteiger partial charge in [-0.25, -0.2) is 8.42 Å². The number of ketones is 1. The third-order valence-electron chi connectivity index (χ3n) is 3.17. The number of Topliss-reactive ketones (excluding diaryl/α,β-unsaturated/α-hetero) is 1. The van der Waals surface area contributed by atoms with Crippen LogP contribution >= 0.6 is 0 Å². The van der Waals surface area contributed by atoms with Crippen molar-refractivity contribution in [2.45, 2.75) is 51.5 Å². The van der Waals surface area contributed by atoms with Crippen LogP contribution < -0.4 is 0 Å². The smallest absolute Gasteiger partial charge is 0.209 e. The molecule has 0 aromatic heterocycles. The molecule has 0 bridgehead atoms. The average molecular weight is 324 g/mol. The molecule has 0 saturated carbocycles. The lowest BCUT2D eigenvalue weighted by atomic mass is 10.0. The summed E-state index contributed by atoms with van der Waals surface area (Å²) in [7, 11) is -3.94. The van der Waals surface area contributed by atoms with Crippen molar-refractivity contribution in [2.75, 3.05) is 0 Å². The zero-order valence-electron chi connectivity index (χ0n) is 13.8. The van der Waals surface area contributed by atoms with Gasteiger partial charge >= 0.3 is 0 Å². The van der Waals surface area contributed by atoms with Crippen molar-refractivity contribution in [1.82, 2.24) is 0 Å². The summed E-state index contributed by atoms with van der Waals surface area (Å²) in [6, 6.07) is 6.32. The topological polar surface area (TPSA) is 71.4 Å². The van der Waals surface area contributed by atoms with Crippen LogP contribution in [0.2, 0.25) is 0 Å². The highest BCUT2D eigenvalue weighted by Gasteiger charge is 2.35. The van der Waals surface area contributed by atoms with Gasteiger partial charge in [0, 0.05) is 0 Å². The summed E-state index contributed by atoms with van der Waals surface area (Å²) in [5, 5.41) is 9.92. The fourth-order valence-electron chi connectivity index (χ4n) is 1.81. The Labute approximate surface area is 132 Å². The number of sulfone groups is 1. The SMILES string of the molecule is Cc1ccc(S(=O)(=O)/C(=C/CC(C)C)C(=O)C(C)(C)O)cc1. The van der Waals surface area contributed by atoms with Gasteiger partial charge in [-0.15, -0.1) is 0 Å². The Morgan fingerprint density at radius 2 is 1.73 bits per heavy atom. The highest BCUT2D eigenvalue weighted by atomic mass is 32.2. The molecular formula is C17H24O4S. The fourth-order valence-corrected chi connectivity index (χ4v) is 3.37. The summed E-state index contributed by atoms with van der Waals surface area (Å²) in [6.45, 7) is 8.31. The van der Waals surface area contributed by atoms with Gasteiger partial charge in [-0.2, -0.15) is 0 Å². The first-order valence-electron chi connectivity index (χ1n) is 7.25. The molecule has 0 unspecified atom stereocenters. The van der Waals surface area contributed by atoms with E-state index in [1.165, 1.54) is 32.1 Å². The monoisotopic (exact) mass is 324 g/mol. The van der Waals surface area contributed by atoms with Crippen LogP contribution in [0, 0.1) is 12.8 Å². The minimum Gasteiger partial charge on any atom is -0.382 e. The minimum absolute atomic E-state index is 0.0608. The van der Waals surface area contributed by atoms with E-state index in [9.17, 15) is 18.3 Å². The Bertz CT molecular complexity index is 660. The van der Waals surface area contributed by atoms with Crippen molar-refractivity contribution in [2.24, 2.45) is 5.92 Å². The highest BCUT2D eigenvalue weighted by Crippen LogP contribution is 2.25. The van der Waals surface area contributed by atoms with Gasteiger partial charge in [0.2, 0.25) is 15.6 Å². The Morgan fingerprint density at radius 3 is 2.14 bits per heavy atom. The lowest BCUT2D eigenvalue weighted by Crippen LogP contribution is -2.35. The third kappa shape index (κ3) is 4.52. The molecule has 0 spiro atoms. The summed E-state index contributed by atoms with van der Waals surface area (Å²) in [5.74, 6) is -0.577. The van der Waals surface area contributed by atoms with E-state index in [0.29, 0.717) is 6.42 Å². The van der Waals surface area contributed by atoms with Gasteiger partial charge in [-0.1, -0.05) is 37.6 Å². The predicted molar refractivity (Wildman–Crippen MR) is 87.2 cm³/mol. The molecule has 1 rings (SSSR count). The fraction of sp³-hybridized carbons (Fsp3) is 0.471. The predicted octanol–water partition coefficient (Wildman–Crippen LogP) is 3.04. The summed E-state index contributed by atoms with van der Waals surface area (Å²) in [4.78, 5) is 12.1. The normalized spacial score (nSPS) is 13.5. The van der Waals surface area contributed by atoms with E-state index in [2.05, 4.69) is 0 Å². The minimum atomic E-state index is -3.94. The number of allylic oxidation sites excluding steroid dienone is 1. The van der Waals surface area contributed by atoms with E-state index in [4.69, 9.17) is 0 Å². The molecule has 1 aromatic rings. The van der Waals surface area contributed by atoms with Gasteiger partial charge in [0.05, 0.1) is 4.90 Å². The number of benzene rings is 1. The van der Waals surface area contributed by atoms with Crippen LogP contribution in [0.5, 0.6) is 0 Å². The first-order chi connectivity index (χ1) is 9.96. The number of carbonyl (C=O) groups excluding carboxylic acids is 1. The number of hydrogen-bond acceptors (Lipinski definition) is 4. The maximum Gasteiger partial charge on any atom is 0.209 e. The highest BCUT2D eigenvalue weighted by molar-refractivity contribution is 7.96. The van der Waals surface area contributed by atoms with Gasteiger partial charge in [0.25, 0.3) is 0 Å². The van der Waals surface area contributed by atoms with Crippen molar-refractivity contribution in [3.63, 3.8) is 0 Å². The quantitative estimate of drug-likeness (QED) is 0.816. The zero-order chi connectivity index (χ0) is 17.1. The third-order valence-corrected chi connectivity index (χ3v) is 5.00. The number of aryl methyl sites for hydroxylation is 1. The Kier molecular flexibility index (Phi) is 5.70. The molecule has 1 N–H and O–H groups in total. The number of hydrogen-bond donors (Lipinski definition) is 1. The van der Waals surface area contributed by atoms with Crippen LogP contribution in [0.15, 0.2) is 40.1 Å². The number of rotatable bonds is 6.